The van der Waals surface area contributed by atoms with Crippen molar-refractivity contribution in [3.63, 3.8) is 0 Å². The van der Waals surface area contributed by atoms with Crippen LogP contribution in [0.4, 0.5) is 11.6 Å². The molecule has 0 bridgehead atoms. The van der Waals surface area contributed by atoms with Crippen LogP contribution in [0.3, 0.4) is 0 Å². The zero-order chi connectivity index (χ0) is 19.9. The summed E-state index contributed by atoms with van der Waals surface area (Å²) in [6.07, 6.45) is 1.46. The lowest BCUT2D eigenvalue weighted by atomic mass is 10.2. The lowest BCUT2D eigenvalue weighted by Gasteiger charge is -2.19. The zero-order valence-electron chi connectivity index (χ0n) is 15.5. The average Bonchev–Trinajstić information content (AvgIpc) is 3.06. The van der Waals surface area contributed by atoms with Crippen LogP contribution in [-0.4, -0.2) is 26.4 Å². The maximum absolute atomic E-state index is 12.8. The highest BCUT2D eigenvalue weighted by atomic mass is 35.5. The molecule has 0 aliphatic carbocycles. The largest absolute Gasteiger partial charge is 0.368 e. The van der Waals surface area contributed by atoms with Gasteiger partial charge in [0.25, 0.3) is 0 Å². The molecule has 6 nitrogen and oxygen atoms in total. The maximum Gasteiger partial charge on any atom is 0.247 e. The molecule has 28 heavy (non-hydrogen) atoms. The predicted molar refractivity (Wildman–Crippen MR) is 115 cm³/mol. The van der Waals surface area contributed by atoms with Crippen molar-refractivity contribution in [1.82, 2.24) is 14.8 Å². The summed E-state index contributed by atoms with van der Waals surface area (Å²) in [5.74, 6) is 0.888. The van der Waals surface area contributed by atoms with E-state index in [1.54, 1.807) is 40.6 Å². The minimum atomic E-state index is -0.495. The quantitative estimate of drug-likeness (QED) is 0.531. The fourth-order valence-corrected chi connectivity index (χ4v) is 3.93. The fraction of sp³-hybridized carbons (Fsp3) is 0.250. The van der Waals surface area contributed by atoms with Crippen LogP contribution >= 0.6 is 23.4 Å². The summed E-state index contributed by atoms with van der Waals surface area (Å²) < 4.78 is 1.71. The summed E-state index contributed by atoms with van der Waals surface area (Å²) in [7, 11) is 0. The number of nitrogen functional groups attached to an aromatic ring is 1. The molecule has 146 valence electrons. The number of nitrogens with two attached hydrogens (primary N) is 1. The highest BCUT2D eigenvalue weighted by molar-refractivity contribution is 7.99. The van der Waals surface area contributed by atoms with E-state index in [0.717, 1.165) is 12.2 Å². The predicted octanol–water partition coefficient (Wildman–Crippen LogP) is 4.44. The van der Waals surface area contributed by atoms with Gasteiger partial charge in [-0.3, -0.25) is 9.36 Å². The summed E-state index contributed by atoms with van der Waals surface area (Å²) >= 11 is 7.44. The second-order valence-electron chi connectivity index (χ2n) is 6.22. The number of halogens is 1. The number of carbonyl (C=O) groups is 1. The lowest BCUT2D eigenvalue weighted by Crippen LogP contribution is -2.27. The topological polar surface area (TPSA) is 85.8 Å². The van der Waals surface area contributed by atoms with E-state index in [9.17, 15) is 4.79 Å². The van der Waals surface area contributed by atoms with Crippen molar-refractivity contribution in [1.29, 1.82) is 0 Å². The number of aromatic nitrogens is 3. The molecule has 1 amide bonds. The molecule has 0 saturated carbocycles. The summed E-state index contributed by atoms with van der Waals surface area (Å²) in [5.41, 5.74) is 7.96. The first kappa shape index (κ1) is 20.2. The highest BCUT2D eigenvalue weighted by Gasteiger charge is 2.25. The van der Waals surface area contributed by atoms with Crippen molar-refractivity contribution < 1.29 is 4.79 Å². The summed E-state index contributed by atoms with van der Waals surface area (Å²) in [4.78, 5) is 12.8. The number of amides is 1. The number of rotatable bonds is 8. The van der Waals surface area contributed by atoms with Gasteiger partial charge in [0, 0.05) is 16.5 Å². The molecular weight excluding hydrogens is 394 g/mol. The third-order valence-electron chi connectivity index (χ3n) is 4.27. The molecule has 0 spiro atoms. The Bertz CT molecular complexity index is 914. The molecular formula is C20H22ClN5OS. The van der Waals surface area contributed by atoms with Crippen molar-refractivity contribution in [2.45, 2.75) is 31.0 Å². The molecule has 8 heteroatoms. The van der Waals surface area contributed by atoms with E-state index < -0.39 is 6.04 Å². The van der Waals surface area contributed by atoms with E-state index in [4.69, 9.17) is 17.3 Å². The third kappa shape index (κ3) is 5.05. The van der Waals surface area contributed by atoms with Gasteiger partial charge in [-0.05, 0) is 42.7 Å². The fourth-order valence-electron chi connectivity index (χ4n) is 2.83. The number of hydrogen-bond acceptors (Lipinski definition) is 5. The Morgan fingerprint density at radius 2 is 1.89 bits per heavy atom. The van der Waals surface area contributed by atoms with Crippen molar-refractivity contribution in [2.24, 2.45) is 0 Å². The molecule has 3 aromatic rings. The number of nitrogens with zero attached hydrogens (tertiary/aromatic N) is 3. The normalized spacial score (nSPS) is 11.9. The van der Waals surface area contributed by atoms with Gasteiger partial charge in [-0.15, -0.1) is 10.2 Å². The summed E-state index contributed by atoms with van der Waals surface area (Å²) in [6.45, 7) is 1.93. The Labute approximate surface area is 173 Å². The molecule has 1 atom stereocenters. The smallest absolute Gasteiger partial charge is 0.247 e. The van der Waals surface area contributed by atoms with Crippen LogP contribution in [0.25, 0.3) is 0 Å². The van der Waals surface area contributed by atoms with Gasteiger partial charge in [0.1, 0.15) is 6.04 Å². The van der Waals surface area contributed by atoms with E-state index in [1.807, 2.05) is 25.1 Å². The molecule has 1 aromatic heterocycles. The Kier molecular flexibility index (Phi) is 6.95. The first-order valence-electron chi connectivity index (χ1n) is 9.02. The van der Waals surface area contributed by atoms with Gasteiger partial charge in [-0.1, -0.05) is 60.6 Å². The van der Waals surface area contributed by atoms with E-state index in [-0.39, 0.29) is 11.9 Å². The second kappa shape index (κ2) is 9.61. The number of thioether (sulfide) groups is 1. The SMILES string of the molecule is CCC(C(=O)Nc1ccc(Cl)cc1)n1c(N)nnc1SCCc1ccccc1. The molecule has 1 unspecified atom stereocenters. The zero-order valence-corrected chi connectivity index (χ0v) is 17.1. The molecule has 3 N–H and O–H groups in total. The van der Waals surface area contributed by atoms with Crippen LogP contribution < -0.4 is 11.1 Å². The Balaban J connectivity index is 1.70. The van der Waals surface area contributed by atoms with Gasteiger partial charge in [0.15, 0.2) is 5.16 Å². The van der Waals surface area contributed by atoms with Crippen LogP contribution in [0.1, 0.15) is 24.9 Å². The molecule has 0 aliphatic heterocycles. The Morgan fingerprint density at radius 3 is 2.57 bits per heavy atom. The van der Waals surface area contributed by atoms with Crippen molar-refractivity contribution in [3.05, 3.63) is 65.2 Å². The van der Waals surface area contributed by atoms with Gasteiger partial charge in [-0.25, -0.2) is 0 Å². The second-order valence-corrected chi connectivity index (χ2v) is 7.71. The lowest BCUT2D eigenvalue weighted by molar-refractivity contribution is -0.119. The number of hydrogen-bond donors (Lipinski definition) is 2. The van der Waals surface area contributed by atoms with Crippen LogP contribution in [0.2, 0.25) is 5.02 Å². The summed E-state index contributed by atoms with van der Waals surface area (Å²) in [6, 6.07) is 16.7. The maximum atomic E-state index is 12.8. The molecule has 3 rings (SSSR count). The van der Waals surface area contributed by atoms with Gasteiger partial charge < -0.3 is 11.1 Å². The number of nitrogens with one attached hydrogen (secondary N) is 1. The van der Waals surface area contributed by atoms with E-state index >= 15 is 0 Å². The first-order valence-corrected chi connectivity index (χ1v) is 10.4. The minimum absolute atomic E-state index is 0.166. The standard InChI is InChI=1S/C20H22ClN5OS/c1-2-17(18(27)23-16-10-8-15(21)9-11-16)26-19(22)24-25-20(26)28-13-12-14-6-4-3-5-7-14/h3-11,17H,2,12-13H2,1H3,(H2,22,24)(H,23,27). The van der Waals surface area contributed by atoms with Gasteiger partial charge in [0.05, 0.1) is 0 Å². The van der Waals surface area contributed by atoms with E-state index in [2.05, 4.69) is 27.6 Å². The van der Waals surface area contributed by atoms with Crippen LogP contribution in [0.15, 0.2) is 59.8 Å². The average molecular weight is 416 g/mol. The van der Waals surface area contributed by atoms with Crippen LogP contribution in [0.5, 0.6) is 0 Å². The Hall–Kier alpha value is -2.51. The van der Waals surface area contributed by atoms with Crippen molar-refractivity contribution in [2.75, 3.05) is 16.8 Å². The van der Waals surface area contributed by atoms with E-state index in [1.165, 1.54) is 5.56 Å². The van der Waals surface area contributed by atoms with Crippen molar-refractivity contribution >= 4 is 40.9 Å². The minimum Gasteiger partial charge on any atom is -0.368 e. The number of anilines is 2. The van der Waals surface area contributed by atoms with E-state index in [0.29, 0.717) is 22.3 Å². The van der Waals surface area contributed by atoms with Crippen LogP contribution in [0, 0.1) is 0 Å². The molecule has 0 aliphatic rings. The third-order valence-corrected chi connectivity index (χ3v) is 5.47. The number of aryl methyl sites for hydroxylation is 1. The molecule has 2 aromatic carbocycles. The first-order chi connectivity index (χ1) is 13.6. The monoisotopic (exact) mass is 415 g/mol. The van der Waals surface area contributed by atoms with Gasteiger partial charge in [-0.2, -0.15) is 0 Å². The number of benzene rings is 2. The molecule has 1 heterocycles. The van der Waals surface area contributed by atoms with Gasteiger partial charge in [0.2, 0.25) is 11.9 Å². The summed E-state index contributed by atoms with van der Waals surface area (Å²) in [5, 5.41) is 12.3. The molecule has 0 radical (unpaired) electrons. The van der Waals surface area contributed by atoms with Crippen molar-refractivity contribution in [3.8, 4) is 0 Å². The Morgan fingerprint density at radius 1 is 1.18 bits per heavy atom. The highest BCUT2D eigenvalue weighted by Crippen LogP contribution is 2.27. The molecule has 0 fully saturated rings. The number of carbonyl (C=O) groups excluding carboxylic acids is 1. The molecule has 0 saturated heterocycles. The van der Waals surface area contributed by atoms with Gasteiger partial charge >= 0.3 is 0 Å². The van der Waals surface area contributed by atoms with Crippen LogP contribution in [-0.2, 0) is 11.2 Å².